The molecule has 1 heterocycles. The third-order valence-electron chi connectivity index (χ3n) is 4.32. The molecule has 0 spiro atoms. The summed E-state index contributed by atoms with van der Waals surface area (Å²) in [5, 5.41) is 0. The van der Waals surface area contributed by atoms with Crippen LogP contribution in [0.15, 0.2) is 52.2 Å². The summed E-state index contributed by atoms with van der Waals surface area (Å²) in [6.45, 7) is 4.94. The molecule has 3 aromatic rings. The number of thiazole rings is 1. The number of sulfonamides is 1. The van der Waals surface area contributed by atoms with E-state index in [2.05, 4.69) is 0 Å². The molecule has 0 bridgehead atoms. The minimum atomic E-state index is -3.63. The van der Waals surface area contributed by atoms with Gasteiger partial charge < -0.3 is 0 Å². The quantitative estimate of drug-likeness (QED) is 0.646. The molecule has 5 nitrogen and oxygen atoms in total. The molecule has 1 aromatic heterocycles. The van der Waals surface area contributed by atoms with Crippen LogP contribution in [0.3, 0.4) is 0 Å². The zero-order valence-corrected chi connectivity index (χ0v) is 16.7. The molecule has 0 saturated heterocycles. The van der Waals surface area contributed by atoms with Gasteiger partial charge in [0.1, 0.15) is 0 Å². The zero-order valence-electron chi connectivity index (χ0n) is 15.1. The fraction of sp³-hybridized carbons (Fsp3) is 0.316. The molecule has 0 atom stereocenters. The van der Waals surface area contributed by atoms with Gasteiger partial charge in [-0.25, -0.2) is 8.42 Å². The van der Waals surface area contributed by atoms with Crippen molar-refractivity contribution in [3.63, 3.8) is 0 Å². The lowest BCUT2D eigenvalue weighted by Crippen LogP contribution is -2.26. The molecule has 0 radical (unpaired) electrons. The second-order valence-electron chi connectivity index (χ2n) is 6.40. The van der Waals surface area contributed by atoms with Crippen molar-refractivity contribution in [1.29, 1.82) is 0 Å². The number of hydrogen-bond donors (Lipinski definition) is 0. The summed E-state index contributed by atoms with van der Waals surface area (Å²) >= 11 is 1.09. The van der Waals surface area contributed by atoms with Gasteiger partial charge in [-0.1, -0.05) is 48.1 Å². The first-order chi connectivity index (χ1) is 12.3. The van der Waals surface area contributed by atoms with Gasteiger partial charge >= 0.3 is 4.87 Å². The first-order valence-corrected chi connectivity index (χ1v) is 10.7. The van der Waals surface area contributed by atoms with E-state index in [1.54, 1.807) is 29.8 Å². The van der Waals surface area contributed by atoms with Gasteiger partial charge in [0.2, 0.25) is 10.0 Å². The molecule has 0 N–H and O–H groups in total. The van der Waals surface area contributed by atoms with Crippen LogP contribution in [0.25, 0.3) is 10.2 Å². The lowest BCUT2D eigenvalue weighted by atomic mass is 10.1. The number of hydrogen-bond acceptors (Lipinski definition) is 4. The minimum absolute atomic E-state index is 0.0515. The van der Waals surface area contributed by atoms with Gasteiger partial charge in [-0.15, -0.1) is 0 Å². The van der Waals surface area contributed by atoms with Crippen LogP contribution < -0.4 is 4.87 Å². The SMILES string of the molecule is CCCn1c(=O)sc2cc(S(=O)(=O)N(C)Cc3ccc(C)cc3)ccc21. The van der Waals surface area contributed by atoms with E-state index >= 15 is 0 Å². The van der Waals surface area contributed by atoms with Crippen LogP contribution in [0.4, 0.5) is 0 Å². The van der Waals surface area contributed by atoms with E-state index in [9.17, 15) is 13.2 Å². The number of nitrogens with zero attached hydrogens (tertiary/aromatic N) is 2. The highest BCUT2D eigenvalue weighted by Gasteiger charge is 2.22. The van der Waals surface area contributed by atoms with Gasteiger partial charge in [-0.3, -0.25) is 9.36 Å². The lowest BCUT2D eigenvalue weighted by Gasteiger charge is -2.17. The topological polar surface area (TPSA) is 59.4 Å². The first-order valence-electron chi connectivity index (χ1n) is 8.48. The largest absolute Gasteiger partial charge is 0.308 e. The Hall–Kier alpha value is -1.96. The summed E-state index contributed by atoms with van der Waals surface area (Å²) in [7, 11) is -2.05. The van der Waals surface area contributed by atoms with Crippen LogP contribution in [0.1, 0.15) is 24.5 Å². The van der Waals surface area contributed by atoms with E-state index in [-0.39, 0.29) is 9.77 Å². The van der Waals surface area contributed by atoms with Crippen molar-refractivity contribution in [3.8, 4) is 0 Å². The van der Waals surface area contributed by atoms with Crippen molar-refractivity contribution in [3.05, 3.63) is 63.3 Å². The fourth-order valence-corrected chi connectivity index (χ4v) is 5.07. The Bertz CT molecular complexity index is 1080. The summed E-state index contributed by atoms with van der Waals surface area (Å²) in [6, 6.07) is 12.7. The summed E-state index contributed by atoms with van der Waals surface area (Å²) in [6.07, 6.45) is 0.852. The smallest absolute Gasteiger partial charge is 0.299 e. The van der Waals surface area contributed by atoms with E-state index in [1.165, 1.54) is 4.31 Å². The molecular formula is C19H22N2O3S2. The maximum Gasteiger partial charge on any atom is 0.308 e. The molecule has 2 aromatic carbocycles. The van der Waals surface area contributed by atoms with Crippen LogP contribution >= 0.6 is 11.3 Å². The number of rotatable bonds is 6. The average molecular weight is 391 g/mol. The van der Waals surface area contributed by atoms with Crippen molar-refractivity contribution in [2.45, 2.75) is 38.3 Å². The molecule has 0 saturated carbocycles. The van der Waals surface area contributed by atoms with Crippen LogP contribution in [0.2, 0.25) is 0 Å². The summed E-state index contributed by atoms with van der Waals surface area (Å²) in [5.41, 5.74) is 2.86. The highest BCUT2D eigenvalue weighted by molar-refractivity contribution is 7.89. The number of aryl methyl sites for hydroxylation is 2. The molecule has 0 aliphatic carbocycles. The highest BCUT2D eigenvalue weighted by atomic mass is 32.2. The summed E-state index contributed by atoms with van der Waals surface area (Å²) in [5.74, 6) is 0. The molecule has 0 aliphatic rings. The van der Waals surface area contributed by atoms with Crippen molar-refractivity contribution >= 4 is 31.6 Å². The monoisotopic (exact) mass is 390 g/mol. The third kappa shape index (κ3) is 3.60. The Kier molecular flexibility index (Phi) is 5.32. The van der Waals surface area contributed by atoms with E-state index in [1.807, 2.05) is 38.1 Å². The first kappa shape index (κ1) is 18.8. The second kappa shape index (κ2) is 7.34. The van der Waals surface area contributed by atoms with Crippen LogP contribution in [0.5, 0.6) is 0 Å². The normalized spacial score (nSPS) is 12.2. The summed E-state index contributed by atoms with van der Waals surface area (Å²) in [4.78, 5) is 12.3. The summed E-state index contributed by atoms with van der Waals surface area (Å²) < 4.78 is 29.6. The Balaban J connectivity index is 1.93. The van der Waals surface area contributed by atoms with Gasteiger partial charge in [0.05, 0.1) is 15.1 Å². The molecule has 7 heteroatoms. The highest BCUT2D eigenvalue weighted by Crippen LogP contribution is 2.24. The molecule has 26 heavy (non-hydrogen) atoms. The Labute approximate surface area is 157 Å². The predicted molar refractivity (Wildman–Crippen MR) is 106 cm³/mol. The van der Waals surface area contributed by atoms with Gasteiger partial charge in [-0.2, -0.15) is 4.31 Å². The van der Waals surface area contributed by atoms with Crippen molar-refractivity contribution in [1.82, 2.24) is 8.87 Å². The molecule has 0 amide bonds. The maximum atomic E-state index is 12.9. The molecule has 0 aliphatic heterocycles. The number of aromatic nitrogens is 1. The molecule has 138 valence electrons. The average Bonchev–Trinajstić information content (AvgIpc) is 2.92. The molecule has 3 rings (SSSR count). The predicted octanol–water partition coefficient (Wildman–Crippen LogP) is 3.60. The lowest BCUT2D eigenvalue weighted by molar-refractivity contribution is 0.467. The van der Waals surface area contributed by atoms with Gasteiger partial charge in [0, 0.05) is 20.1 Å². The zero-order chi connectivity index (χ0) is 18.9. The van der Waals surface area contributed by atoms with Gasteiger partial charge in [-0.05, 0) is 37.1 Å². The van der Waals surface area contributed by atoms with Gasteiger partial charge in [0.25, 0.3) is 0 Å². The fourth-order valence-electron chi connectivity index (χ4n) is 2.86. The minimum Gasteiger partial charge on any atom is -0.299 e. The molecule has 0 fully saturated rings. The van der Waals surface area contributed by atoms with E-state index in [0.29, 0.717) is 17.8 Å². The maximum absolute atomic E-state index is 12.9. The Morgan fingerprint density at radius 3 is 2.46 bits per heavy atom. The van der Waals surface area contributed by atoms with Crippen LogP contribution in [-0.2, 0) is 23.1 Å². The number of fused-ring (bicyclic) bond motifs is 1. The molecule has 0 unspecified atom stereocenters. The van der Waals surface area contributed by atoms with Crippen LogP contribution in [0, 0.1) is 6.92 Å². The standard InChI is InChI=1S/C19H22N2O3S2/c1-4-11-21-17-10-9-16(12-18(17)25-19(21)22)26(23,24)20(3)13-15-7-5-14(2)6-8-15/h5-10,12H,4,11,13H2,1-3H3. The van der Waals surface area contributed by atoms with E-state index in [4.69, 9.17) is 0 Å². The van der Waals surface area contributed by atoms with Gasteiger partial charge in [0.15, 0.2) is 0 Å². The number of benzene rings is 2. The van der Waals surface area contributed by atoms with Crippen molar-refractivity contribution < 1.29 is 8.42 Å². The Morgan fingerprint density at radius 2 is 1.81 bits per heavy atom. The van der Waals surface area contributed by atoms with Crippen LogP contribution in [-0.4, -0.2) is 24.3 Å². The van der Waals surface area contributed by atoms with Crippen molar-refractivity contribution in [2.24, 2.45) is 0 Å². The third-order valence-corrected chi connectivity index (χ3v) is 7.06. The van der Waals surface area contributed by atoms with E-state index in [0.717, 1.165) is 34.4 Å². The second-order valence-corrected chi connectivity index (χ2v) is 9.43. The Morgan fingerprint density at radius 1 is 1.12 bits per heavy atom. The van der Waals surface area contributed by atoms with E-state index < -0.39 is 10.0 Å². The molecular weight excluding hydrogens is 368 g/mol. The van der Waals surface area contributed by atoms with Crippen molar-refractivity contribution in [2.75, 3.05) is 7.05 Å².